The Balaban J connectivity index is 1.20. The molecule has 48 heavy (non-hydrogen) atoms. The molecular formula is C36H32F4N6O2. The molecule has 5 fully saturated rings. The number of alkyl halides is 1. The van der Waals surface area contributed by atoms with Gasteiger partial charge in [-0.1, -0.05) is 12.0 Å². The zero-order valence-corrected chi connectivity index (χ0v) is 26.0. The largest absolute Gasteiger partial charge is 0.461 e. The van der Waals surface area contributed by atoms with Crippen LogP contribution in [0, 0.1) is 35.3 Å². The van der Waals surface area contributed by atoms with E-state index in [2.05, 4.69) is 20.8 Å². The highest BCUT2D eigenvalue weighted by atomic mass is 19.1. The van der Waals surface area contributed by atoms with E-state index in [0.29, 0.717) is 54.7 Å². The number of pyridine rings is 1. The van der Waals surface area contributed by atoms with Crippen LogP contribution in [0.25, 0.3) is 32.9 Å². The third-order valence-corrected chi connectivity index (χ3v) is 11.4. The second-order valence-corrected chi connectivity index (χ2v) is 13.8. The van der Waals surface area contributed by atoms with E-state index in [0.717, 1.165) is 31.4 Å². The van der Waals surface area contributed by atoms with E-state index in [1.54, 1.807) is 11.0 Å². The Morgan fingerprint density at radius 1 is 1.17 bits per heavy atom. The molecule has 0 amide bonds. The molecule has 9 rings (SSSR count). The molecule has 4 atom stereocenters. The number of hydrogen-bond acceptors (Lipinski definition) is 8. The van der Waals surface area contributed by atoms with Crippen molar-refractivity contribution in [1.29, 1.82) is 0 Å². The van der Waals surface area contributed by atoms with E-state index in [4.69, 9.17) is 26.6 Å². The number of halogens is 4. The SMILES string of the molecule is C#Cc1c(F)ccc2cc(N)cc(-c3ncc4c(N5CCOC[C@H]6[C@H](F)[C@H]65)nc(OC[C@]56C/C(=C\F)CN5CCC65CC5)nc4c3F)c12. The first-order chi connectivity index (χ1) is 23.3. The van der Waals surface area contributed by atoms with Gasteiger partial charge in [0.25, 0.3) is 0 Å². The maximum Gasteiger partial charge on any atom is 0.319 e. The first kappa shape index (κ1) is 29.7. The molecule has 12 heteroatoms. The number of nitrogens with two attached hydrogens (primary N) is 1. The van der Waals surface area contributed by atoms with Gasteiger partial charge in [0.15, 0.2) is 5.82 Å². The quantitative estimate of drug-likeness (QED) is 0.166. The van der Waals surface area contributed by atoms with Crippen LogP contribution >= 0.6 is 0 Å². The van der Waals surface area contributed by atoms with E-state index in [1.165, 1.54) is 24.4 Å². The molecule has 5 heterocycles. The van der Waals surface area contributed by atoms with Crippen molar-refractivity contribution in [3.8, 4) is 29.6 Å². The molecule has 2 aromatic carbocycles. The monoisotopic (exact) mass is 656 g/mol. The first-order valence-corrected chi connectivity index (χ1v) is 16.3. The van der Waals surface area contributed by atoms with E-state index in [9.17, 15) is 8.78 Å². The number of hydrogen-bond donors (Lipinski definition) is 1. The molecule has 5 aliphatic rings. The average molecular weight is 657 g/mol. The number of rotatable bonds is 5. The van der Waals surface area contributed by atoms with Gasteiger partial charge >= 0.3 is 6.01 Å². The number of nitrogens with zero attached hydrogens (tertiary/aromatic N) is 5. The lowest BCUT2D eigenvalue weighted by atomic mass is 9.80. The van der Waals surface area contributed by atoms with Gasteiger partial charge in [-0.05, 0) is 66.8 Å². The number of fused-ring (bicyclic) bond motifs is 5. The summed E-state index contributed by atoms with van der Waals surface area (Å²) in [7, 11) is 0. The molecule has 2 aromatic heterocycles. The third kappa shape index (κ3) is 4.19. The van der Waals surface area contributed by atoms with E-state index in [-0.39, 0.29) is 58.3 Å². The Hall–Kier alpha value is -4.47. The maximum absolute atomic E-state index is 17.0. The normalized spacial score (nSPS) is 28.1. The Morgan fingerprint density at radius 3 is 2.81 bits per heavy atom. The minimum atomic E-state index is -1.13. The molecule has 0 radical (unpaired) electrons. The number of terminal acetylenes is 1. The topological polar surface area (TPSA) is 89.6 Å². The second kappa shape index (κ2) is 10.5. The molecule has 2 N–H and O–H groups in total. The fourth-order valence-corrected chi connectivity index (χ4v) is 8.73. The summed E-state index contributed by atoms with van der Waals surface area (Å²) in [5.74, 6) is 0.906. The van der Waals surface area contributed by atoms with Crippen molar-refractivity contribution < 1.29 is 27.0 Å². The molecule has 0 unspecified atom stereocenters. The molecule has 2 saturated carbocycles. The summed E-state index contributed by atoms with van der Waals surface area (Å²) >= 11 is 0. The van der Waals surface area contributed by atoms with Crippen LogP contribution in [0.1, 0.15) is 31.2 Å². The van der Waals surface area contributed by atoms with Gasteiger partial charge < -0.3 is 20.1 Å². The van der Waals surface area contributed by atoms with Gasteiger partial charge in [-0.25, -0.2) is 17.6 Å². The maximum atomic E-state index is 17.0. The van der Waals surface area contributed by atoms with Crippen LogP contribution in [0.15, 0.2) is 42.4 Å². The summed E-state index contributed by atoms with van der Waals surface area (Å²) in [6, 6.07) is 5.35. The van der Waals surface area contributed by atoms with Crippen molar-refractivity contribution in [2.24, 2.45) is 11.3 Å². The summed E-state index contributed by atoms with van der Waals surface area (Å²) in [5, 5.41) is 1.09. The molecule has 3 saturated heterocycles. The van der Waals surface area contributed by atoms with Crippen molar-refractivity contribution in [3.63, 3.8) is 0 Å². The Labute approximate surface area is 273 Å². The average Bonchev–Trinajstić information content (AvgIpc) is 3.96. The van der Waals surface area contributed by atoms with E-state index in [1.807, 2.05) is 0 Å². The van der Waals surface area contributed by atoms with E-state index >= 15 is 8.78 Å². The predicted molar refractivity (Wildman–Crippen MR) is 173 cm³/mol. The molecule has 3 aliphatic heterocycles. The highest BCUT2D eigenvalue weighted by Gasteiger charge is 2.67. The van der Waals surface area contributed by atoms with Crippen LogP contribution in [0.2, 0.25) is 0 Å². The summed E-state index contributed by atoms with van der Waals surface area (Å²) in [5.41, 5.74) is 6.81. The number of nitrogen functional groups attached to an aromatic ring is 1. The van der Waals surface area contributed by atoms with Crippen molar-refractivity contribution >= 4 is 33.2 Å². The zero-order chi connectivity index (χ0) is 32.9. The molecule has 4 aromatic rings. The predicted octanol–water partition coefficient (Wildman–Crippen LogP) is 5.72. The zero-order valence-electron chi connectivity index (χ0n) is 26.0. The van der Waals surface area contributed by atoms with Crippen molar-refractivity contribution in [3.05, 3.63) is 59.6 Å². The lowest BCUT2D eigenvalue weighted by Gasteiger charge is -2.36. The summed E-state index contributed by atoms with van der Waals surface area (Å²) in [6.45, 7) is 2.53. The van der Waals surface area contributed by atoms with Crippen molar-refractivity contribution in [2.45, 2.75) is 43.4 Å². The molecule has 1 spiro atoms. The van der Waals surface area contributed by atoms with Gasteiger partial charge in [0.05, 0.1) is 42.1 Å². The Kier molecular flexibility index (Phi) is 6.49. The fourth-order valence-electron chi connectivity index (χ4n) is 8.73. The first-order valence-electron chi connectivity index (χ1n) is 16.3. The minimum absolute atomic E-state index is 0.0306. The van der Waals surface area contributed by atoms with Crippen LogP contribution in [-0.4, -0.2) is 77.1 Å². The van der Waals surface area contributed by atoms with Crippen LogP contribution in [0.5, 0.6) is 6.01 Å². The van der Waals surface area contributed by atoms with Gasteiger partial charge in [0, 0.05) is 41.8 Å². The van der Waals surface area contributed by atoms with Crippen LogP contribution in [0.3, 0.4) is 0 Å². The van der Waals surface area contributed by atoms with Gasteiger partial charge in [0.1, 0.15) is 35.6 Å². The van der Waals surface area contributed by atoms with E-state index < -0.39 is 29.4 Å². The summed E-state index contributed by atoms with van der Waals surface area (Å²) < 4.78 is 72.7. The van der Waals surface area contributed by atoms with Crippen molar-refractivity contribution in [2.75, 3.05) is 50.1 Å². The number of aromatic nitrogens is 3. The van der Waals surface area contributed by atoms with Gasteiger partial charge in [-0.15, -0.1) is 6.42 Å². The lowest BCUT2D eigenvalue weighted by molar-refractivity contribution is 0.0649. The number of anilines is 2. The third-order valence-electron chi connectivity index (χ3n) is 11.4. The Morgan fingerprint density at radius 2 is 2.02 bits per heavy atom. The second-order valence-electron chi connectivity index (χ2n) is 13.8. The number of ether oxygens (including phenoxy) is 2. The van der Waals surface area contributed by atoms with Crippen LogP contribution in [-0.2, 0) is 4.74 Å². The fraction of sp³-hybridized carbons (Fsp3) is 0.417. The highest BCUT2D eigenvalue weighted by Crippen LogP contribution is 2.66. The summed E-state index contributed by atoms with van der Waals surface area (Å²) in [6.07, 6.45) is 10.3. The van der Waals surface area contributed by atoms with Crippen molar-refractivity contribution in [1.82, 2.24) is 19.9 Å². The van der Waals surface area contributed by atoms with Crippen LogP contribution in [0.4, 0.5) is 29.1 Å². The highest BCUT2D eigenvalue weighted by molar-refractivity contribution is 6.03. The molecule has 246 valence electrons. The lowest BCUT2D eigenvalue weighted by Crippen LogP contribution is -2.49. The smallest absolute Gasteiger partial charge is 0.319 e. The molecule has 8 nitrogen and oxygen atoms in total. The molecule has 2 aliphatic carbocycles. The minimum Gasteiger partial charge on any atom is -0.461 e. The Bertz CT molecular complexity index is 2100. The molecule has 0 bridgehead atoms. The number of benzene rings is 2. The van der Waals surface area contributed by atoms with Gasteiger partial charge in [-0.2, -0.15) is 9.97 Å². The van der Waals surface area contributed by atoms with Gasteiger partial charge in [-0.3, -0.25) is 9.88 Å². The van der Waals surface area contributed by atoms with Gasteiger partial charge in [0.2, 0.25) is 0 Å². The summed E-state index contributed by atoms with van der Waals surface area (Å²) in [4.78, 5) is 17.9. The standard InChI is InChI=1S/C36H32F4N6O2/c1-2-22-26(38)4-3-20-11-21(41)12-23(27(20)22)30-29(40)31-24(15-42-30)33(46-9-10-47-17-25-28(39)32(25)46)44-34(43-31)48-18-36-13-19(14-37)16-45(36)8-7-35(36)5-6-35/h1,3-4,11-12,14-15,25,28,32H,5-10,13,16-18,41H2/b19-14+/t25-,28-,32-,36-/m0/s1. The molecular weight excluding hydrogens is 624 g/mol. The van der Waals surface area contributed by atoms with Crippen LogP contribution < -0.4 is 15.4 Å².